The van der Waals surface area contributed by atoms with Gasteiger partial charge in [-0.25, -0.2) is 0 Å². The van der Waals surface area contributed by atoms with Crippen molar-refractivity contribution in [2.75, 3.05) is 18.4 Å². The summed E-state index contributed by atoms with van der Waals surface area (Å²) in [5, 5.41) is 6.16. The van der Waals surface area contributed by atoms with Crippen LogP contribution in [0.25, 0.3) is 0 Å². The van der Waals surface area contributed by atoms with E-state index in [2.05, 4.69) is 29.7 Å². The van der Waals surface area contributed by atoms with Crippen LogP contribution >= 0.6 is 0 Å². The molecule has 0 bridgehead atoms. The molecule has 1 amide bonds. The summed E-state index contributed by atoms with van der Waals surface area (Å²) in [5.74, 6) is -0.0355. The molecule has 0 aromatic heterocycles. The molecule has 0 aliphatic heterocycles. The van der Waals surface area contributed by atoms with Gasteiger partial charge in [0.15, 0.2) is 0 Å². The topological polar surface area (TPSA) is 41.1 Å². The lowest BCUT2D eigenvalue weighted by atomic mass is 10.2. The first-order chi connectivity index (χ1) is 9.25. The van der Waals surface area contributed by atoms with E-state index >= 15 is 0 Å². The van der Waals surface area contributed by atoms with Gasteiger partial charge in [0.2, 0.25) is 0 Å². The van der Waals surface area contributed by atoms with E-state index in [4.69, 9.17) is 0 Å². The molecule has 2 aromatic carbocycles. The highest BCUT2D eigenvalue weighted by Crippen LogP contribution is 2.08. The normalized spacial score (nSPS) is 9.95. The minimum Gasteiger partial charge on any atom is -0.383 e. The van der Waals surface area contributed by atoms with Crippen molar-refractivity contribution >= 4 is 11.6 Å². The second kappa shape index (κ2) is 6.59. The van der Waals surface area contributed by atoms with Crippen LogP contribution in [-0.4, -0.2) is 19.0 Å². The fourth-order valence-electron chi connectivity index (χ4n) is 1.83. The van der Waals surface area contributed by atoms with Crippen molar-refractivity contribution in [3.8, 4) is 0 Å². The SMILES string of the molecule is Cc1cccc(NCCNC(=O)c2ccccc2)c1. The Balaban J connectivity index is 1.74. The average molecular weight is 254 g/mol. The minimum absolute atomic E-state index is 0.0355. The van der Waals surface area contributed by atoms with Gasteiger partial charge in [0.1, 0.15) is 0 Å². The monoisotopic (exact) mass is 254 g/mol. The van der Waals surface area contributed by atoms with Crippen LogP contribution in [0.15, 0.2) is 54.6 Å². The summed E-state index contributed by atoms with van der Waals surface area (Å²) in [6, 6.07) is 17.4. The zero-order valence-corrected chi connectivity index (χ0v) is 11.0. The van der Waals surface area contributed by atoms with Crippen molar-refractivity contribution in [3.63, 3.8) is 0 Å². The molecule has 19 heavy (non-hydrogen) atoms. The summed E-state index contributed by atoms with van der Waals surface area (Å²) >= 11 is 0. The molecule has 0 radical (unpaired) electrons. The number of benzene rings is 2. The maximum Gasteiger partial charge on any atom is 0.251 e. The van der Waals surface area contributed by atoms with Gasteiger partial charge in [0.05, 0.1) is 0 Å². The predicted molar refractivity (Wildman–Crippen MR) is 78.4 cm³/mol. The molecule has 2 aromatic rings. The Morgan fingerprint density at radius 1 is 1.00 bits per heavy atom. The van der Waals surface area contributed by atoms with Crippen LogP contribution in [0, 0.1) is 6.92 Å². The minimum atomic E-state index is -0.0355. The zero-order valence-electron chi connectivity index (χ0n) is 11.0. The Morgan fingerprint density at radius 3 is 2.53 bits per heavy atom. The second-order valence-corrected chi connectivity index (χ2v) is 4.42. The third-order valence-corrected chi connectivity index (χ3v) is 2.79. The lowest BCUT2D eigenvalue weighted by Gasteiger charge is -2.08. The largest absolute Gasteiger partial charge is 0.383 e. The molecule has 98 valence electrons. The lowest BCUT2D eigenvalue weighted by Crippen LogP contribution is -2.28. The summed E-state index contributed by atoms with van der Waals surface area (Å²) in [6.07, 6.45) is 0. The highest BCUT2D eigenvalue weighted by Gasteiger charge is 2.02. The van der Waals surface area contributed by atoms with Crippen molar-refractivity contribution in [1.29, 1.82) is 0 Å². The summed E-state index contributed by atoms with van der Waals surface area (Å²) in [5.41, 5.74) is 2.99. The van der Waals surface area contributed by atoms with Crippen molar-refractivity contribution in [2.24, 2.45) is 0 Å². The smallest absolute Gasteiger partial charge is 0.251 e. The van der Waals surface area contributed by atoms with E-state index in [1.165, 1.54) is 5.56 Å². The standard InChI is InChI=1S/C16H18N2O/c1-13-6-5-9-15(12-13)17-10-11-18-16(19)14-7-3-2-4-8-14/h2-9,12,17H,10-11H2,1H3,(H,18,19). The van der Waals surface area contributed by atoms with Gasteiger partial charge >= 0.3 is 0 Å². The van der Waals surface area contributed by atoms with Crippen LogP contribution in [0.5, 0.6) is 0 Å². The molecule has 0 fully saturated rings. The van der Waals surface area contributed by atoms with E-state index in [1.807, 2.05) is 42.5 Å². The number of rotatable bonds is 5. The van der Waals surface area contributed by atoms with Crippen LogP contribution in [0.4, 0.5) is 5.69 Å². The van der Waals surface area contributed by atoms with Gasteiger partial charge < -0.3 is 10.6 Å². The summed E-state index contributed by atoms with van der Waals surface area (Å²) in [7, 11) is 0. The number of carbonyl (C=O) groups excluding carboxylic acids is 1. The average Bonchev–Trinajstić information content (AvgIpc) is 2.44. The quantitative estimate of drug-likeness (QED) is 0.806. The fraction of sp³-hybridized carbons (Fsp3) is 0.188. The van der Waals surface area contributed by atoms with Crippen molar-refractivity contribution in [1.82, 2.24) is 5.32 Å². The Bertz CT molecular complexity index is 537. The van der Waals surface area contributed by atoms with Crippen LogP contribution < -0.4 is 10.6 Å². The van der Waals surface area contributed by atoms with Gasteiger partial charge in [-0.1, -0.05) is 30.3 Å². The predicted octanol–water partition coefficient (Wildman–Crippen LogP) is 2.84. The van der Waals surface area contributed by atoms with Gasteiger partial charge in [0.25, 0.3) is 5.91 Å². The molecular weight excluding hydrogens is 236 g/mol. The van der Waals surface area contributed by atoms with Crippen LogP contribution in [0.1, 0.15) is 15.9 Å². The number of aryl methyl sites for hydroxylation is 1. The number of hydrogen-bond donors (Lipinski definition) is 2. The molecule has 0 spiro atoms. The summed E-state index contributed by atoms with van der Waals surface area (Å²) in [4.78, 5) is 11.8. The van der Waals surface area contributed by atoms with E-state index in [0.717, 1.165) is 5.69 Å². The molecule has 3 heteroatoms. The first kappa shape index (κ1) is 13.1. The number of nitrogens with one attached hydrogen (secondary N) is 2. The Kier molecular flexibility index (Phi) is 4.56. The number of amides is 1. The van der Waals surface area contributed by atoms with E-state index in [9.17, 15) is 4.79 Å². The van der Waals surface area contributed by atoms with E-state index < -0.39 is 0 Å². The molecule has 0 unspecified atom stereocenters. The summed E-state index contributed by atoms with van der Waals surface area (Å²) in [6.45, 7) is 3.37. The van der Waals surface area contributed by atoms with Gasteiger partial charge in [-0.2, -0.15) is 0 Å². The van der Waals surface area contributed by atoms with Crippen molar-refractivity contribution in [3.05, 3.63) is 65.7 Å². The van der Waals surface area contributed by atoms with E-state index in [1.54, 1.807) is 0 Å². The lowest BCUT2D eigenvalue weighted by molar-refractivity contribution is 0.0955. The van der Waals surface area contributed by atoms with Gasteiger partial charge in [-0.3, -0.25) is 4.79 Å². The van der Waals surface area contributed by atoms with Crippen molar-refractivity contribution in [2.45, 2.75) is 6.92 Å². The molecule has 3 nitrogen and oxygen atoms in total. The number of anilines is 1. The van der Waals surface area contributed by atoms with E-state index in [0.29, 0.717) is 18.7 Å². The molecule has 0 atom stereocenters. The first-order valence-corrected chi connectivity index (χ1v) is 6.39. The maximum absolute atomic E-state index is 11.8. The van der Waals surface area contributed by atoms with Gasteiger partial charge in [-0.05, 0) is 36.8 Å². The number of carbonyl (C=O) groups is 1. The Hall–Kier alpha value is -2.29. The molecule has 0 heterocycles. The number of hydrogen-bond acceptors (Lipinski definition) is 2. The highest BCUT2D eigenvalue weighted by atomic mass is 16.1. The molecular formula is C16H18N2O. The molecule has 2 N–H and O–H groups in total. The Morgan fingerprint density at radius 2 is 1.79 bits per heavy atom. The third kappa shape index (κ3) is 4.14. The first-order valence-electron chi connectivity index (χ1n) is 6.39. The molecule has 0 aliphatic carbocycles. The summed E-state index contributed by atoms with van der Waals surface area (Å²) < 4.78 is 0. The molecule has 0 aliphatic rings. The van der Waals surface area contributed by atoms with Crippen LogP contribution in [-0.2, 0) is 0 Å². The molecule has 2 rings (SSSR count). The maximum atomic E-state index is 11.8. The molecule has 0 saturated carbocycles. The third-order valence-electron chi connectivity index (χ3n) is 2.79. The molecule has 0 saturated heterocycles. The Labute approximate surface area is 113 Å². The van der Waals surface area contributed by atoms with Gasteiger partial charge in [-0.15, -0.1) is 0 Å². The zero-order chi connectivity index (χ0) is 13.5. The van der Waals surface area contributed by atoms with Crippen molar-refractivity contribution < 1.29 is 4.79 Å². The fourth-order valence-corrected chi connectivity index (χ4v) is 1.83. The van der Waals surface area contributed by atoms with E-state index in [-0.39, 0.29) is 5.91 Å². The van der Waals surface area contributed by atoms with Crippen LogP contribution in [0.3, 0.4) is 0 Å². The van der Waals surface area contributed by atoms with Gasteiger partial charge in [0, 0.05) is 24.3 Å². The second-order valence-electron chi connectivity index (χ2n) is 4.42. The highest BCUT2D eigenvalue weighted by molar-refractivity contribution is 5.94. The van der Waals surface area contributed by atoms with Crippen LogP contribution in [0.2, 0.25) is 0 Å².